The summed E-state index contributed by atoms with van der Waals surface area (Å²) >= 11 is 7.70. The van der Waals surface area contributed by atoms with Crippen molar-refractivity contribution < 1.29 is 19.4 Å². The number of halogens is 1. The Kier molecular flexibility index (Phi) is 7.48. The van der Waals surface area contributed by atoms with Crippen LogP contribution in [0.3, 0.4) is 0 Å². The van der Waals surface area contributed by atoms with Crippen LogP contribution in [-0.4, -0.2) is 78.6 Å². The molecule has 2 aliphatic heterocycles. The Bertz CT molecular complexity index is 937. The Labute approximate surface area is 197 Å². The number of amides is 1. The summed E-state index contributed by atoms with van der Waals surface area (Å²) in [5.74, 6) is 0.837. The Balaban J connectivity index is 1.32. The number of aliphatic hydroxyl groups is 1. The van der Waals surface area contributed by atoms with Crippen LogP contribution in [0.1, 0.15) is 11.6 Å². The summed E-state index contributed by atoms with van der Waals surface area (Å²) in [5, 5.41) is 11.3. The van der Waals surface area contributed by atoms with E-state index in [2.05, 4.69) is 9.80 Å². The monoisotopic (exact) mass is 477 g/mol. The summed E-state index contributed by atoms with van der Waals surface area (Å²) in [6.07, 6.45) is 0.846. The Morgan fingerprint density at radius 1 is 1.19 bits per heavy atom. The molecule has 0 aliphatic carbocycles. The molecule has 2 aromatic rings. The first-order valence-electron chi connectivity index (χ1n) is 10.6. The molecule has 172 valence electrons. The Morgan fingerprint density at radius 3 is 2.56 bits per heavy atom. The van der Waals surface area contributed by atoms with Gasteiger partial charge in [-0.1, -0.05) is 23.7 Å². The van der Waals surface area contributed by atoms with E-state index < -0.39 is 18.2 Å². The van der Waals surface area contributed by atoms with Crippen molar-refractivity contribution in [3.05, 3.63) is 53.1 Å². The molecule has 7 nitrogen and oxygen atoms in total. The number of nitrogens with zero attached hydrogens (tertiary/aromatic N) is 2. The van der Waals surface area contributed by atoms with Gasteiger partial charge in [0.1, 0.15) is 18.8 Å². The fourth-order valence-corrected chi connectivity index (χ4v) is 4.75. The Morgan fingerprint density at radius 2 is 1.91 bits per heavy atom. The highest BCUT2D eigenvalue weighted by Crippen LogP contribution is 2.34. The van der Waals surface area contributed by atoms with E-state index in [1.165, 1.54) is 0 Å². The van der Waals surface area contributed by atoms with Gasteiger partial charge in [-0.05, 0) is 36.1 Å². The van der Waals surface area contributed by atoms with Crippen molar-refractivity contribution in [1.29, 1.82) is 0 Å². The van der Waals surface area contributed by atoms with E-state index in [1.807, 2.05) is 30.5 Å². The predicted octanol–water partition coefficient (Wildman–Crippen LogP) is 2.41. The zero-order valence-electron chi connectivity index (χ0n) is 17.9. The number of primary amides is 1. The number of piperazine rings is 1. The molecule has 0 saturated carbocycles. The summed E-state index contributed by atoms with van der Waals surface area (Å²) in [6, 6.07) is 12.7. The molecule has 1 fully saturated rings. The van der Waals surface area contributed by atoms with Gasteiger partial charge in [-0.3, -0.25) is 14.6 Å². The van der Waals surface area contributed by atoms with Crippen LogP contribution in [0.25, 0.3) is 0 Å². The van der Waals surface area contributed by atoms with Crippen LogP contribution in [0.4, 0.5) is 0 Å². The molecule has 2 heterocycles. The van der Waals surface area contributed by atoms with Crippen LogP contribution in [0.2, 0.25) is 5.02 Å². The molecule has 1 amide bonds. The average molecular weight is 478 g/mol. The maximum absolute atomic E-state index is 12.2. The number of hydrogen-bond acceptors (Lipinski definition) is 7. The number of ether oxygens (including phenoxy) is 2. The zero-order chi connectivity index (χ0) is 22.7. The number of fused-ring (bicyclic) bond motifs is 1. The first-order chi connectivity index (χ1) is 15.4. The van der Waals surface area contributed by atoms with E-state index in [4.69, 9.17) is 26.8 Å². The zero-order valence-corrected chi connectivity index (χ0v) is 19.5. The second-order valence-corrected chi connectivity index (χ2v) is 9.36. The summed E-state index contributed by atoms with van der Waals surface area (Å²) in [5.41, 5.74) is 6.66. The number of thioether (sulfide) groups is 1. The van der Waals surface area contributed by atoms with Gasteiger partial charge < -0.3 is 20.3 Å². The lowest BCUT2D eigenvalue weighted by Crippen LogP contribution is -2.54. The van der Waals surface area contributed by atoms with Crippen LogP contribution in [-0.2, 0) is 4.79 Å². The molecule has 3 unspecified atom stereocenters. The van der Waals surface area contributed by atoms with E-state index in [-0.39, 0.29) is 12.5 Å². The number of carbonyl (C=O) groups excluding carboxylic acids is 1. The van der Waals surface area contributed by atoms with Gasteiger partial charge in [0.05, 0.1) is 0 Å². The second-order valence-electron chi connectivity index (χ2n) is 8.04. The molecule has 0 radical (unpaired) electrons. The third kappa shape index (κ3) is 5.32. The van der Waals surface area contributed by atoms with E-state index >= 15 is 0 Å². The van der Waals surface area contributed by atoms with Crippen molar-refractivity contribution in [2.45, 2.75) is 23.1 Å². The third-order valence-corrected chi connectivity index (χ3v) is 6.91. The van der Waals surface area contributed by atoms with E-state index in [0.29, 0.717) is 36.2 Å². The minimum atomic E-state index is -0.709. The molecule has 4 rings (SSSR count). The van der Waals surface area contributed by atoms with Gasteiger partial charge in [0.15, 0.2) is 17.6 Å². The van der Waals surface area contributed by atoms with Crippen molar-refractivity contribution in [3.8, 4) is 11.5 Å². The van der Waals surface area contributed by atoms with Crippen molar-refractivity contribution in [1.82, 2.24) is 9.80 Å². The molecule has 3 N–H and O–H groups in total. The van der Waals surface area contributed by atoms with E-state index in [0.717, 1.165) is 23.5 Å². The number of carbonyl (C=O) groups is 1. The van der Waals surface area contributed by atoms with Gasteiger partial charge in [0.25, 0.3) is 0 Å². The smallest absolute Gasteiger partial charge is 0.239 e. The highest BCUT2D eigenvalue weighted by molar-refractivity contribution is 7.98. The van der Waals surface area contributed by atoms with Gasteiger partial charge in [0, 0.05) is 48.7 Å². The second kappa shape index (κ2) is 10.3. The number of nitrogens with two attached hydrogens (primary N) is 1. The quantitative estimate of drug-likeness (QED) is 0.592. The predicted molar refractivity (Wildman–Crippen MR) is 126 cm³/mol. The van der Waals surface area contributed by atoms with Crippen LogP contribution in [0.15, 0.2) is 47.4 Å². The van der Waals surface area contributed by atoms with Crippen molar-refractivity contribution in [3.63, 3.8) is 0 Å². The molecule has 2 aromatic carbocycles. The minimum Gasteiger partial charge on any atom is -0.486 e. The van der Waals surface area contributed by atoms with Gasteiger partial charge in [-0.25, -0.2) is 0 Å². The van der Waals surface area contributed by atoms with Crippen molar-refractivity contribution in [2.75, 3.05) is 45.6 Å². The van der Waals surface area contributed by atoms with E-state index in [1.54, 1.807) is 30.0 Å². The molecule has 3 atom stereocenters. The lowest BCUT2D eigenvalue weighted by atomic mass is 10.0. The molecular weight excluding hydrogens is 450 g/mol. The fourth-order valence-electron chi connectivity index (χ4n) is 4.18. The molecule has 0 spiro atoms. The first-order valence-corrected chi connectivity index (χ1v) is 12.2. The maximum Gasteiger partial charge on any atom is 0.239 e. The normalized spacial score (nSPS) is 21.2. The topological polar surface area (TPSA) is 88.3 Å². The van der Waals surface area contributed by atoms with Crippen LogP contribution >= 0.6 is 23.4 Å². The highest BCUT2D eigenvalue weighted by Gasteiger charge is 2.32. The fraction of sp³-hybridized carbons (Fsp3) is 0.435. The number of rotatable bonds is 7. The summed E-state index contributed by atoms with van der Waals surface area (Å²) in [6.45, 7) is 3.56. The van der Waals surface area contributed by atoms with Gasteiger partial charge in [-0.15, -0.1) is 11.8 Å². The standard InChI is InChI=1S/C23H28ClN3O4S/c1-32-17-5-2-15(3-6-17)22(23(25)29)27-10-8-26(9-11-27)13-18(28)21-14-30-19-7-4-16(24)12-20(19)31-21/h2-7,12,18,21-22,28H,8-11,13-14H2,1H3,(H2,25,29). The lowest BCUT2D eigenvalue weighted by molar-refractivity contribution is -0.124. The average Bonchev–Trinajstić information content (AvgIpc) is 2.80. The largest absolute Gasteiger partial charge is 0.486 e. The molecule has 32 heavy (non-hydrogen) atoms. The summed E-state index contributed by atoms with van der Waals surface area (Å²) in [7, 11) is 0. The van der Waals surface area contributed by atoms with Gasteiger partial charge >= 0.3 is 0 Å². The summed E-state index contributed by atoms with van der Waals surface area (Å²) < 4.78 is 11.6. The van der Waals surface area contributed by atoms with Crippen molar-refractivity contribution >= 4 is 29.3 Å². The summed E-state index contributed by atoms with van der Waals surface area (Å²) in [4.78, 5) is 17.7. The molecular formula is C23H28ClN3O4S. The Hall–Kier alpha value is -1.97. The maximum atomic E-state index is 12.2. The van der Waals surface area contributed by atoms with Crippen LogP contribution in [0, 0.1) is 0 Å². The molecule has 9 heteroatoms. The van der Waals surface area contributed by atoms with E-state index in [9.17, 15) is 9.90 Å². The molecule has 0 aromatic heterocycles. The molecule has 1 saturated heterocycles. The molecule has 0 bridgehead atoms. The third-order valence-electron chi connectivity index (χ3n) is 5.93. The first kappa shape index (κ1) is 23.2. The molecule has 2 aliphatic rings. The number of hydrogen-bond donors (Lipinski definition) is 2. The highest BCUT2D eigenvalue weighted by atomic mass is 35.5. The number of benzene rings is 2. The van der Waals surface area contributed by atoms with Gasteiger partial charge in [0.2, 0.25) is 5.91 Å². The van der Waals surface area contributed by atoms with Gasteiger partial charge in [-0.2, -0.15) is 0 Å². The SMILES string of the molecule is CSc1ccc(C(C(N)=O)N2CCN(CC(O)C3COc4ccc(Cl)cc4O3)CC2)cc1. The number of aliphatic hydroxyl groups excluding tert-OH is 1. The lowest BCUT2D eigenvalue weighted by Gasteiger charge is -2.40. The van der Waals surface area contributed by atoms with Crippen LogP contribution < -0.4 is 15.2 Å². The van der Waals surface area contributed by atoms with Crippen LogP contribution in [0.5, 0.6) is 11.5 Å². The number of β-amino-alcohol motifs (C(OH)–C–C–N with tert-alkyl or cyclic N) is 1. The minimum absolute atomic E-state index is 0.283. The van der Waals surface area contributed by atoms with Crippen molar-refractivity contribution in [2.24, 2.45) is 5.73 Å².